The van der Waals surface area contributed by atoms with Gasteiger partial charge in [-0.25, -0.2) is 10.1 Å². The summed E-state index contributed by atoms with van der Waals surface area (Å²) in [6.45, 7) is 0.339. The Morgan fingerprint density at radius 1 is 1.44 bits per heavy atom. The quantitative estimate of drug-likeness (QED) is 0.235. The minimum Gasteiger partial charge on any atom is -0.467 e. The standard InChI is InChI=1S/C14H15N7O2S2/c15-21-13(18-17-8-11-4-2-6-24-11)19-20-14(21)25-9-12(22)16-7-10-3-1-5-23-10/h1-6,8H,7,9,15H2,(H,16,22)(H,18,19)/b17-8+. The fraction of sp³-hybridized carbons (Fsp3) is 0.143. The lowest BCUT2D eigenvalue weighted by Gasteiger charge is -2.04. The summed E-state index contributed by atoms with van der Waals surface area (Å²) in [5, 5.41) is 17.0. The number of aromatic nitrogens is 3. The summed E-state index contributed by atoms with van der Waals surface area (Å²) in [5.41, 5.74) is 2.72. The van der Waals surface area contributed by atoms with Crippen molar-refractivity contribution >= 4 is 41.2 Å². The number of hydrogen-bond acceptors (Lipinski definition) is 9. The van der Waals surface area contributed by atoms with E-state index >= 15 is 0 Å². The first-order chi connectivity index (χ1) is 12.2. The van der Waals surface area contributed by atoms with Gasteiger partial charge >= 0.3 is 0 Å². The van der Waals surface area contributed by atoms with Gasteiger partial charge in [0, 0.05) is 4.88 Å². The molecule has 0 saturated heterocycles. The molecule has 0 aromatic carbocycles. The number of hydrazone groups is 1. The largest absolute Gasteiger partial charge is 0.467 e. The van der Waals surface area contributed by atoms with Crippen molar-refractivity contribution in [2.45, 2.75) is 11.7 Å². The van der Waals surface area contributed by atoms with Gasteiger partial charge in [-0.15, -0.1) is 21.5 Å². The molecule has 3 rings (SSSR count). The van der Waals surface area contributed by atoms with Crippen molar-refractivity contribution in [1.82, 2.24) is 20.2 Å². The maximum atomic E-state index is 11.8. The maximum absolute atomic E-state index is 11.8. The Morgan fingerprint density at radius 3 is 3.12 bits per heavy atom. The molecule has 1 amide bonds. The van der Waals surface area contributed by atoms with Gasteiger partial charge in [-0.2, -0.15) is 5.10 Å². The van der Waals surface area contributed by atoms with Crippen molar-refractivity contribution in [3.8, 4) is 0 Å². The first-order valence-electron chi connectivity index (χ1n) is 7.17. The number of hydrogen-bond donors (Lipinski definition) is 3. The zero-order chi connectivity index (χ0) is 17.5. The van der Waals surface area contributed by atoms with Crippen molar-refractivity contribution in [1.29, 1.82) is 0 Å². The third-order valence-corrected chi connectivity index (χ3v) is 4.69. The Kier molecular flexibility index (Phi) is 5.69. The van der Waals surface area contributed by atoms with Crippen molar-refractivity contribution in [3.05, 3.63) is 46.5 Å². The van der Waals surface area contributed by atoms with E-state index in [0.29, 0.717) is 17.5 Å². The Balaban J connectivity index is 1.46. The van der Waals surface area contributed by atoms with Gasteiger partial charge in [0.2, 0.25) is 11.1 Å². The van der Waals surface area contributed by atoms with Crippen LogP contribution in [0.2, 0.25) is 0 Å². The molecular formula is C14H15N7O2S2. The summed E-state index contributed by atoms with van der Waals surface area (Å²) < 4.78 is 6.39. The number of carbonyl (C=O) groups excluding carboxylic acids is 1. The Hall–Kier alpha value is -2.79. The molecule has 3 heterocycles. The van der Waals surface area contributed by atoms with Crippen LogP contribution in [-0.4, -0.2) is 32.7 Å². The predicted octanol–water partition coefficient (Wildman–Crippen LogP) is 1.50. The van der Waals surface area contributed by atoms with Crippen LogP contribution in [0.3, 0.4) is 0 Å². The summed E-state index contributed by atoms with van der Waals surface area (Å²) in [6.07, 6.45) is 3.22. The van der Waals surface area contributed by atoms with Crippen LogP contribution in [0.25, 0.3) is 0 Å². The van der Waals surface area contributed by atoms with E-state index in [2.05, 4.69) is 26.0 Å². The third kappa shape index (κ3) is 4.84. The second-order valence-electron chi connectivity index (χ2n) is 4.71. The summed E-state index contributed by atoms with van der Waals surface area (Å²) in [4.78, 5) is 12.8. The predicted molar refractivity (Wildman–Crippen MR) is 97.0 cm³/mol. The van der Waals surface area contributed by atoms with E-state index in [9.17, 15) is 4.79 Å². The topological polar surface area (TPSA) is 123 Å². The Bertz CT molecular complexity index is 828. The number of carbonyl (C=O) groups is 1. The van der Waals surface area contributed by atoms with Gasteiger partial charge in [-0.3, -0.25) is 4.79 Å². The van der Waals surface area contributed by atoms with Gasteiger partial charge in [0.1, 0.15) is 5.76 Å². The minimum atomic E-state index is -0.158. The highest BCUT2D eigenvalue weighted by Gasteiger charge is 2.12. The summed E-state index contributed by atoms with van der Waals surface area (Å²) in [7, 11) is 0. The van der Waals surface area contributed by atoms with Crippen molar-refractivity contribution in [3.63, 3.8) is 0 Å². The van der Waals surface area contributed by atoms with Gasteiger partial charge < -0.3 is 15.6 Å². The van der Waals surface area contributed by atoms with E-state index in [1.807, 2.05) is 17.5 Å². The zero-order valence-electron chi connectivity index (χ0n) is 13.0. The van der Waals surface area contributed by atoms with E-state index < -0.39 is 0 Å². The number of nitrogens with zero attached hydrogens (tertiary/aromatic N) is 4. The van der Waals surface area contributed by atoms with Gasteiger partial charge in [-0.05, 0) is 23.6 Å². The first-order valence-corrected chi connectivity index (χ1v) is 9.04. The van der Waals surface area contributed by atoms with E-state index in [1.54, 1.807) is 35.9 Å². The number of thioether (sulfide) groups is 1. The fourth-order valence-corrected chi connectivity index (χ4v) is 3.02. The van der Waals surface area contributed by atoms with E-state index in [1.165, 1.54) is 16.4 Å². The number of nitrogen functional groups attached to an aromatic ring is 1. The highest BCUT2D eigenvalue weighted by Crippen LogP contribution is 2.16. The van der Waals surface area contributed by atoms with Crippen LogP contribution in [0, 0.1) is 0 Å². The molecule has 0 unspecified atom stereocenters. The van der Waals surface area contributed by atoms with Crippen LogP contribution in [0.1, 0.15) is 10.6 Å². The molecule has 0 spiro atoms. The molecule has 0 bridgehead atoms. The van der Waals surface area contributed by atoms with Crippen LogP contribution in [0.5, 0.6) is 0 Å². The Morgan fingerprint density at radius 2 is 2.36 bits per heavy atom. The minimum absolute atomic E-state index is 0.158. The molecular weight excluding hydrogens is 362 g/mol. The average molecular weight is 377 g/mol. The number of furan rings is 1. The summed E-state index contributed by atoms with van der Waals surface area (Å²) >= 11 is 2.74. The van der Waals surface area contributed by atoms with Crippen molar-refractivity contribution in [2.24, 2.45) is 5.10 Å². The van der Waals surface area contributed by atoms with Crippen molar-refractivity contribution < 1.29 is 9.21 Å². The molecule has 0 radical (unpaired) electrons. The van der Waals surface area contributed by atoms with E-state index in [4.69, 9.17) is 10.3 Å². The molecule has 9 nitrogen and oxygen atoms in total. The molecule has 11 heteroatoms. The molecule has 0 fully saturated rings. The van der Waals surface area contributed by atoms with E-state index in [-0.39, 0.29) is 17.6 Å². The highest BCUT2D eigenvalue weighted by atomic mass is 32.2. The second kappa shape index (κ2) is 8.35. The van der Waals surface area contributed by atoms with Crippen LogP contribution >= 0.6 is 23.1 Å². The van der Waals surface area contributed by atoms with Gasteiger partial charge in [-0.1, -0.05) is 17.8 Å². The van der Waals surface area contributed by atoms with Gasteiger partial charge in [0.05, 0.1) is 24.8 Å². The molecule has 3 aromatic rings. The molecule has 0 aliphatic heterocycles. The lowest BCUT2D eigenvalue weighted by atomic mass is 10.4. The fourth-order valence-electron chi connectivity index (χ4n) is 1.75. The van der Waals surface area contributed by atoms with Crippen LogP contribution in [0.15, 0.2) is 50.6 Å². The Labute approximate surface area is 151 Å². The number of amides is 1. The number of thiophene rings is 1. The summed E-state index contributed by atoms with van der Waals surface area (Å²) in [5.74, 6) is 6.87. The molecule has 0 aliphatic rings. The normalized spacial score (nSPS) is 11.0. The molecule has 25 heavy (non-hydrogen) atoms. The first kappa shape index (κ1) is 17.0. The van der Waals surface area contributed by atoms with Gasteiger partial charge in [0.15, 0.2) is 0 Å². The van der Waals surface area contributed by atoms with Crippen LogP contribution in [-0.2, 0) is 11.3 Å². The number of nitrogens with two attached hydrogens (primary N) is 1. The molecule has 3 aromatic heterocycles. The molecule has 4 N–H and O–H groups in total. The SMILES string of the molecule is Nn1c(N/N=C/c2cccs2)nnc1SCC(=O)NCc1ccco1. The second-order valence-corrected chi connectivity index (χ2v) is 6.63. The third-order valence-electron chi connectivity index (χ3n) is 2.94. The molecule has 0 aliphatic carbocycles. The molecule has 130 valence electrons. The summed E-state index contributed by atoms with van der Waals surface area (Å²) in [6, 6.07) is 7.43. The number of rotatable bonds is 8. The van der Waals surface area contributed by atoms with Gasteiger partial charge in [0.25, 0.3) is 5.95 Å². The molecule has 0 atom stereocenters. The van der Waals surface area contributed by atoms with E-state index in [0.717, 1.165) is 4.88 Å². The lowest BCUT2D eigenvalue weighted by molar-refractivity contribution is -0.118. The monoisotopic (exact) mass is 377 g/mol. The zero-order valence-corrected chi connectivity index (χ0v) is 14.6. The molecule has 0 saturated carbocycles. The van der Waals surface area contributed by atoms with Crippen molar-refractivity contribution in [2.75, 3.05) is 17.0 Å². The number of nitrogens with one attached hydrogen (secondary N) is 2. The average Bonchev–Trinajstić information content (AvgIpc) is 3.35. The highest BCUT2D eigenvalue weighted by molar-refractivity contribution is 7.99. The lowest BCUT2D eigenvalue weighted by Crippen LogP contribution is -2.24. The van der Waals surface area contributed by atoms with Crippen LogP contribution in [0.4, 0.5) is 5.95 Å². The van der Waals surface area contributed by atoms with Crippen LogP contribution < -0.4 is 16.6 Å². The smallest absolute Gasteiger partial charge is 0.264 e. The maximum Gasteiger partial charge on any atom is 0.264 e. The number of anilines is 1.